The molecule has 1 aliphatic heterocycles. The zero-order valence-corrected chi connectivity index (χ0v) is 17.8. The Kier molecular flexibility index (Phi) is 6.50. The highest BCUT2D eigenvalue weighted by Crippen LogP contribution is 2.33. The maximum atomic E-state index is 12.6. The average molecular weight is 409 g/mol. The maximum absolute atomic E-state index is 12.6. The molecule has 6 heteroatoms. The number of anilines is 1. The van der Waals surface area contributed by atoms with Crippen LogP contribution in [0.5, 0.6) is 0 Å². The van der Waals surface area contributed by atoms with Crippen LogP contribution in [0, 0.1) is 5.92 Å². The summed E-state index contributed by atoms with van der Waals surface area (Å²) in [7, 11) is 0. The van der Waals surface area contributed by atoms with Gasteiger partial charge in [0.25, 0.3) is 0 Å². The molecule has 1 aliphatic carbocycles. The Bertz CT molecular complexity index is 896. The van der Waals surface area contributed by atoms with Crippen molar-refractivity contribution in [1.82, 2.24) is 15.1 Å². The zero-order valence-electron chi connectivity index (χ0n) is 17.8. The highest BCUT2D eigenvalue weighted by Gasteiger charge is 2.29. The van der Waals surface area contributed by atoms with E-state index in [0.29, 0.717) is 18.4 Å². The molecule has 30 heavy (non-hydrogen) atoms. The van der Waals surface area contributed by atoms with Gasteiger partial charge < -0.3 is 10.6 Å². The second kappa shape index (κ2) is 9.45. The van der Waals surface area contributed by atoms with Gasteiger partial charge in [-0.15, -0.1) is 0 Å². The Morgan fingerprint density at radius 2 is 2.00 bits per heavy atom. The number of rotatable bonds is 6. The summed E-state index contributed by atoms with van der Waals surface area (Å²) in [6, 6.07) is 11.0. The van der Waals surface area contributed by atoms with Gasteiger partial charge in [0.2, 0.25) is 11.8 Å². The van der Waals surface area contributed by atoms with Crippen molar-refractivity contribution in [3.8, 4) is 11.3 Å². The summed E-state index contributed by atoms with van der Waals surface area (Å²) in [6.45, 7) is 2.60. The third kappa shape index (κ3) is 4.74. The number of benzene rings is 1. The van der Waals surface area contributed by atoms with E-state index in [1.54, 1.807) is 0 Å². The molecule has 0 spiro atoms. The number of carbonyl (C=O) groups excluding carboxylic acids is 2. The molecule has 2 amide bonds. The van der Waals surface area contributed by atoms with Gasteiger partial charge in [0.15, 0.2) is 5.82 Å². The summed E-state index contributed by atoms with van der Waals surface area (Å²) in [6.07, 6.45) is 9.67. The van der Waals surface area contributed by atoms with Gasteiger partial charge >= 0.3 is 0 Å². The molecule has 2 heterocycles. The minimum atomic E-state index is -0.322. The summed E-state index contributed by atoms with van der Waals surface area (Å²) in [5, 5.41) is 10.5. The fourth-order valence-electron chi connectivity index (χ4n) is 4.65. The first-order valence-electron chi connectivity index (χ1n) is 11.4. The average Bonchev–Trinajstić information content (AvgIpc) is 3.26. The molecule has 2 aromatic rings. The molecule has 0 radical (unpaired) electrons. The molecule has 2 fully saturated rings. The molecule has 0 bridgehead atoms. The number of amides is 2. The van der Waals surface area contributed by atoms with Crippen LogP contribution in [0.25, 0.3) is 11.3 Å². The number of aryl methyl sites for hydroxylation is 1. The van der Waals surface area contributed by atoms with Crippen molar-refractivity contribution < 1.29 is 9.59 Å². The molecule has 2 N–H and O–H groups in total. The van der Waals surface area contributed by atoms with E-state index >= 15 is 0 Å². The fraction of sp³-hybridized carbons (Fsp3) is 0.542. The van der Waals surface area contributed by atoms with Gasteiger partial charge in [-0.3, -0.25) is 14.3 Å². The van der Waals surface area contributed by atoms with Crippen LogP contribution >= 0.6 is 0 Å². The summed E-state index contributed by atoms with van der Waals surface area (Å²) >= 11 is 0. The van der Waals surface area contributed by atoms with Crippen molar-refractivity contribution in [3.05, 3.63) is 35.9 Å². The van der Waals surface area contributed by atoms with E-state index in [1.165, 1.54) is 31.2 Å². The first-order valence-corrected chi connectivity index (χ1v) is 11.4. The van der Waals surface area contributed by atoms with Crippen molar-refractivity contribution in [3.63, 3.8) is 0 Å². The van der Waals surface area contributed by atoms with Crippen LogP contribution < -0.4 is 10.6 Å². The first-order chi connectivity index (χ1) is 14.6. The third-order valence-electron chi connectivity index (χ3n) is 6.27. The number of aromatic nitrogens is 2. The smallest absolute Gasteiger partial charge is 0.230 e. The van der Waals surface area contributed by atoms with Crippen molar-refractivity contribution in [2.24, 2.45) is 5.92 Å². The number of hydrogen-bond acceptors (Lipinski definition) is 3. The Morgan fingerprint density at radius 3 is 2.70 bits per heavy atom. The highest BCUT2D eigenvalue weighted by atomic mass is 16.2. The predicted molar refractivity (Wildman–Crippen MR) is 118 cm³/mol. The Morgan fingerprint density at radius 1 is 1.20 bits per heavy atom. The van der Waals surface area contributed by atoms with Gasteiger partial charge in [-0.25, -0.2) is 0 Å². The van der Waals surface area contributed by atoms with Crippen LogP contribution in [-0.2, 0) is 16.0 Å². The molecular formula is C24H32N4O2. The molecule has 160 valence electrons. The predicted octanol–water partition coefficient (Wildman–Crippen LogP) is 4.47. The molecule has 1 saturated carbocycles. The lowest BCUT2D eigenvalue weighted by Crippen LogP contribution is -2.25. The van der Waals surface area contributed by atoms with Crippen LogP contribution in [0.1, 0.15) is 69.9 Å². The lowest BCUT2D eigenvalue weighted by Gasteiger charge is -2.18. The standard InChI is InChI=1S/C24H32N4O2/c1-2-8-17-9-7-10-18(13-17)21-15-22(26-24(30)19-14-23(29)25-16-19)27-28(21)20-11-5-3-4-6-12-20/h7,9-10,13,15,19-20H,2-6,8,11-12,14,16H2,1H3,(H,25,29)(H,26,27,30)/t19-/m0/s1. The van der Waals surface area contributed by atoms with Gasteiger partial charge in [-0.05, 0) is 30.9 Å². The second-order valence-corrected chi connectivity index (χ2v) is 8.65. The molecule has 0 unspecified atom stereocenters. The Balaban J connectivity index is 1.63. The van der Waals surface area contributed by atoms with E-state index in [4.69, 9.17) is 5.10 Å². The van der Waals surface area contributed by atoms with Gasteiger partial charge in [-0.1, -0.05) is 57.2 Å². The largest absolute Gasteiger partial charge is 0.355 e. The molecule has 6 nitrogen and oxygen atoms in total. The summed E-state index contributed by atoms with van der Waals surface area (Å²) in [4.78, 5) is 24.1. The van der Waals surface area contributed by atoms with Gasteiger partial charge in [-0.2, -0.15) is 5.10 Å². The van der Waals surface area contributed by atoms with Gasteiger partial charge in [0.1, 0.15) is 0 Å². The minimum absolute atomic E-state index is 0.0624. The molecule has 4 rings (SSSR count). The number of hydrogen-bond donors (Lipinski definition) is 2. The Labute approximate surface area is 178 Å². The second-order valence-electron chi connectivity index (χ2n) is 8.65. The van der Waals surface area contributed by atoms with E-state index < -0.39 is 0 Å². The van der Waals surface area contributed by atoms with E-state index in [9.17, 15) is 9.59 Å². The lowest BCUT2D eigenvalue weighted by atomic mass is 10.0. The zero-order chi connectivity index (χ0) is 20.9. The lowest BCUT2D eigenvalue weighted by molar-refractivity contribution is -0.123. The molecule has 1 aromatic heterocycles. The monoisotopic (exact) mass is 408 g/mol. The minimum Gasteiger partial charge on any atom is -0.355 e. The molecule has 1 atom stereocenters. The van der Waals surface area contributed by atoms with E-state index in [0.717, 1.165) is 36.9 Å². The molecule has 2 aliphatic rings. The van der Waals surface area contributed by atoms with Crippen LogP contribution in [0.4, 0.5) is 5.82 Å². The highest BCUT2D eigenvalue weighted by molar-refractivity contribution is 5.96. The third-order valence-corrected chi connectivity index (χ3v) is 6.27. The first kappa shape index (κ1) is 20.6. The SMILES string of the molecule is CCCc1cccc(-c2cc(NC(=O)[C@@H]3CNC(=O)C3)nn2C2CCCCCC2)c1. The van der Waals surface area contributed by atoms with Crippen LogP contribution in [0.15, 0.2) is 30.3 Å². The van der Waals surface area contributed by atoms with Gasteiger partial charge in [0, 0.05) is 24.6 Å². The summed E-state index contributed by atoms with van der Waals surface area (Å²) in [5.41, 5.74) is 3.54. The quantitative estimate of drug-likeness (QED) is 0.692. The van der Waals surface area contributed by atoms with Crippen molar-refractivity contribution in [2.45, 2.75) is 70.8 Å². The summed E-state index contributed by atoms with van der Waals surface area (Å²) < 4.78 is 2.14. The van der Waals surface area contributed by atoms with Crippen LogP contribution in [0.2, 0.25) is 0 Å². The van der Waals surface area contributed by atoms with Crippen molar-refractivity contribution >= 4 is 17.6 Å². The van der Waals surface area contributed by atoms with Crippen LogP contribution in [0.3, 0.4) is 0 Å². The number of carbonyl (C=O) groups is 2. The topological polar surface area (TPSA) is 76.0 Å². The summed E-state index contributed by atoms with van der Waals surface area (Å²) in [5.74, 6) is 0.0640. The number of nitrogens with one attached hydrogen (secondary N) is 2. The van der Waals surface area contributed by atoms with Crippen molar-refractivity contribution in [2.75, 3.05) is 11.9 Å². The molecule has 1 aromatic carbocycles. The number of nitrogens with zero attached hydrogens (tertiary/aromatic N) is 2. The van der Waals surface area contributed by atoms with E-state index in [-0.39, 0.29) is 24.2 Å². The molecule has 1 saturated heterocycles. The van der Waals surface area contributed by atoms with E-state index in [1.807, 2.05) is 6.07 Å². The molecular weight excluding hydrogens is 376 g/mol. The normalized spacial score (nSPS) is 20.0. The van der Waals surface area contributed by atoms with E-state index in [2.05, 4.69) is 46.5 Å². The maximum Gasteiger partial charge on any atom is 0.230 e. The fourth-order valence-corrected chi connectivity index (χ4v) is 4.65. The van der Waals surface area contributed by atoms with Crippen molar-refractivity contribution in [1.29, 1.82) is 0 Å². The van der Waals surface area contributed by atoms with Crippen LogP contribution in [-0.4, -0.2) is 28.1 Å². The Hall–Kier alpha value is -2.63. The van der Waals surface area contributed by atoms with Gasteiger partial charge in [0.05, 0.1) is 17.7 Å².